The summed E-state index contributed by atoms with van der Waals surface area (Å²) in [4.78, 5) is 37.4. The Morgan fingerprint density at radius 1 is 0.950 bits per heavy atom. The highest BCUT2D eigenvalue weighted by Crippen LogP contribution is 2.11. The van der Waals surface area contributed by atoms with Gasteiger partial charge in [0.2, 0.25) is 0 Å². The van der Waals surface area contributed by atoms with Crippen molar-refractivity contribution < 1.29 is 24.0 Å². The molecule has 0 aromatic rings. The van der Waals surface area contributed by atoms with Crippen molar-refractivity contribution in [2.75, 3.05) is 0 Å². The lowest BCUT2D eigenvalue weighted by atomic mass is 10.1. The van der Waals surface area contributed by atoms with E-state index in [0.29, 0.717) is 19.3 Å². The van der Waals surface area contributed by atoms with Crippen LogP contribution in [0.3, 0.4) is 0 Å². The average Bonchev–Trinajstić information content (AvgIpc) is 2.28. The lowest BCUT2D eigenvalue weighted by Gasteiger charge is -2.19. The van der Waals surface area contributed by atoms with Gasteiger partial charge in [0, 0.05) is 19.8 Å². The van der Waals surface area contributed by atoms with Crippen LogP contribution in [0.4, 0.5) is 0 Å². The molecule has 0 rings (SSSR count). The number of rotatable bonds is 7. The summed E-state index contributed by atoms with van der Waals surface area (Å²) < 4.78 is 5.19. The Labute approximate surface area is 120 Å². The smallest absolute Gasteiger partial charge is 0.329 e. The van der Waals surface area contributed by atoms with Crippen molar-refractivity contribution >= 4 is 17.8 Å². The fourth-order valence-corrected chi connectivity index (χ4v) is 1.48. The molecule has 0 aromatic carbocycles. The van der Waals surface area contributed by atoms with Crippen molar-refractivity contribution in [1.29, 1.82) is 0 Å². The normalized spacial score (nSPS) is 10.8. The summed E-state index contributed by atoms with van der Waals surface area (Å²) in [6.45, 7) is 6.74. The van der Waals surface area contributed by atoms with Crippen LogP contribution in [0.5, 0.6) is 0 Å². The van der Waals surface area contributed by atoms with Gasteiger partial charge < -0.3 is 9.57 Å². The third-order valence-corrected chi connectivity index (χ3v) is 2.26. The first kappa shape index (κ1) is 18.4. The molecule has 116 valence electrons. The van der Waals surface area contributed by atoms with E-state index in [0.717, 1.165) is 19.3 Å². The SMILES string of the molecule is CC(=O)ONC(=O)CCCCCCC(=O)OC(C)(C)C. The van der Waals surface area contributed by atoms with Gasteiger partial charge in [0.1, 0.15) is 5.60 Å². The first-order chi connectivity index (χ1) is 9.20. The van der Waals surface area contributed by atoms with Gasteiger partial charge in [-0.05, 0) is 33.6 Å². The van der Waals surface area contributed by atoms with Crippen molar-refractivity contribution in [2.24, 2.45) is 0 Å². The largest absolute Gasteiger partial charge is 0.460 e. The van der Waals surface area contributed by atoms with Crippen molar-refractivity contribution in [2.45, 2.75) is 71.8 Å². The van der Waals surface area contributed by atoms with Gasteiger partial charge in [0.15, 0.2) is 0 Å². The van der Waals surface area contributed by atoms with Crippen LogP contribution in [-0.4, -0.2) is 23.4 Å². The molecule has 6 heteroatoms. The van der Waals surface area contributed by atoms with E-state index in [1.54, 1.807) is 0 Å². The van der Waals surface area contributed by atoms with E-state index in [2.05, 4.69) is 10.3 Å². The average molecular weight is 287 g/mol. The number of hydrogen-bond acceptors (Lipinski definition) is 5. The van der Waals surface area contributed by atoms with E-state index in [9.17, 15) is 14.4 Å². The maximum absolute atomic E-state index is 11.4. The molecule has 0 radical (unpaired) electrons. The van der Waals surface area contributed by atoms with Crippen LogP contribution < -0.4 is 5.48 Å². The molecule has 20 heavy (non-hydrogen) atoms. The fourth-order valence-electron chi connectivity index (χ4n) is 1.48. The molecule has 0 aromatic heterocycles. The highest BCUT2D eigenvalue weighted by atomic mass is 16.7. The number of hydroxylamine groups is 1. The third-order valence-electron chi connectivity index (χ3n) is 2.26. The van der Waals surface area contributed by atoms with E-state index in [1.807, 2.05) is 20.8 Å². The topological polar surface area (TPSA) is 81.7 Å². The second kappa shape index (κ2) is 9.34. The first-order valence-electron chi connectivity index (χ1n) is 6.89. The zero-order valence-electron chi connectivity index (χ0n) is 12.8. The van der Waals surface area contributed by atoms with Crippen LogP contribution in [0, 0.1) is 0 Å². The van der Waals surface area contributed by atoms with Gasteiger partial charge in [-0.25, -0.2) is 0 Å². The molecule has 1 amide bonds. The Kier molecular flexibility index (Phi) is 8.59. The van der Waals surface area contributed by atoms with Gasteiger partial charge in [0.25, 0.3) is 5.91 Å². The molecule has 0 saturated heterocycles. The van der Waals surface area contributed by atoms with Gasteiger partial charge in [0.05, 0.1) is 0 Å². The number of unbranched alkanes of at least 4 members (excludes halogenated alkanes) is 3. The summed E-state index contributed by atoms with van der Waals surface area (Å²) in [5, 5.41) is 0. The lowest BCUT2D eigenvalue weighted by Crippen LogP contribution is -2.25. The number of esters is 1. The van der Waals surface area contributed by atoms with E-state index in [-0.39, 0.29) is 11.9 Å². The number of amides is 1. The molecule has 6 nitrogen and oxygen atoms in total. The Hall–Kier alpha value is -1.59. The molecule has 0 saturated carbocycles. The standard InChI is InChI=1S/C14H25NO5/c1-11(16)20-15-12(17)9-7-5-6-8-10-13(18)19-14(2,3)4/h5-10H2,1-4H3,(H,15,17). The minimum absolute atomic E-state index is 0.190. The number of ether oxygens (including phenoxy) is 1. The summed E-state index contributed by atoms with van der Waals surface area (Å²) in [6.07, 6.45) is 3.86. The highest BCUT2D eigenvalue weighted by Gasteiger charge is 2.15. The van der Waals surface area contributed by atoms with E-state index in [1.165, 1.54) is 6.92 Å². The molecule has 0 aliphatic heterocycles. The minimum Gasteiger partial charge on any atom is -0.460 e. The number of hydrogen-bond donors (Lipinski definition) is 1. The molecule has 0 atom stereocenters. The maximum atomic E-state index is 11.4. The van der Waals surface area contributed by atoms with Crippen molar-refractivity contribution in [3.05, 3.63) is 0 Å². The van der Waals surface area contributed by atoms with Crippen LogP contribution in [0.1, 0.15) is 66.2 Å². The van der Waals surface area contributed by atoms with E-state index < -0.39 is 11.6 Å². The summed E-state index contributed by atoms with van der Waals surface area (Å²) >= 11 is 0. The summed E-state index contributed by atoms with van der Waals surface area (Å²) in [5.74, 6) is -1.05. The van der Waals surface area contributed by atoms with Crippen LogP contribution in [0.2, 0.25) is 0 Å². The number of nitrogens with one attached hydrogen (secondary N) is 1. The van der Waals surface area contributed by atoms with Gasteiger partial charge in [-0.15, -0.1) is 0 Å². The van der Waals surface area contributed by atoms with Crippen molar-refractivity contribution in [3.63, 3.8) is 0 Å². The molecule has 0 unspecified atom stereocenters. The Morgan fingerprint density at radius 2 is 1.50 bits per heavy atom. The maximum Gasteiger partial charge on any atom is 0.329 e. The minimum atomic E-state index is -0.546. The predicted octanol–water partition coefficient (Wildman–Crippen LogP) is 2.26. The van der Waals surface area contributed by atoms with E-state index in [4.69, 9.17) is 4.74 Å². The van der Waals surface area contributed by atoms with Gasteiger partial charge in [-0.2, -0.15) is 5.48 Å². The molecule has 0 spiro atoms. The molecular weight excluding hydrogens is 262 g/mol. The molecule has 0 fully saturated rings. The summed E-state index contributed by atoms with van der Waals surface area (Å²) in [7, 11) is 0. The van der Waals surface area contributed by atoms with Crippen LogP contribution in [-0.2, 0) is 24.0 Å². The van der Waals surface area contributed by atoms with Crippen LogP contribution in [0.25, 0.3) is 0 Å². The van der Waals surface area contributed by atoms with Crippen LogP contribution >= 0.6 is 0 Å². The Balaban J connectivity index is 3.47. The number of carbonyl (C=O) groups excluding carboxylic acids is 3. The number of carbonyl (C=O) groups is 3. The zero-order valence-corrected chi connectivity index (χ0v) is 12.8. The predicted molar refractivity (Wildman–Crippen MR) is 73.5 cm³/mol. The van der Waals surface area contributed by atoms with E-state index >= 15 is 0 Å². The summed E-state index contributed by atoms with van der Waals surface area (Å²) in [6, 6.07) is 0. The van der Waals surface area contributed by atoms with Gasteiger partial charge >= 0.3 is 11.9 Å². The zero-order chi connectivity index (χ0) is 15.6. The molecule has 0 aliphatic rings. The molecule has 0 heterocycles. The third kappa shape index (κ3) is 12.9. The second-order valence-corrected chi connectivity index (χ2v) is 5.62. The first-order valence-corrected chi connectivity index (χ1v) is 6.89. The highest BCUT2D eigenvalue weighted by molar-refractivity contribution is 5.77. The molecule has 0 bridgehead atoms. The van der Waals surface area contributed by atoms with Crippen molar-refractivity contribution in [3.8, 4) is 0 Å². The lowest BCUT2D eigenvalue weighted by molar-refractivity contribution is -0.156. The molecule has 1 N–H and O–H groups in total. The van der Waals surface area contributed by atoms with Gasteiger partial charge in [-0.3, -0.25) is 14.4 Å². The second-order valence-electron chi connectivity index (χ2n) is 5.62. The van der Waals surface area contributed by atoms with Crippen LogP contribution in [0.15, 0.2) is 0 Å². The quantitative estimate of drug-likeness (QED) is 0.441. The Morgan fingerprint density at radius 3 is 2.00 bits per heavy atom. The van der Waals surface area contributed by atoms with Crippen molar-refractivity contribution in [1.82, 2.24) is 5.48 Å². The summed E-state index contributed by atoms with van der Waals surface area (Å²) in [5.41, 5.74) is 1.62. The monoisotopic (exact) mass is 287 g/mol. The molecule has 0 aliphatic carbocycles. The Bertz CT molecular complexity index is 333. The fraction of sp³-hybridized carbons (Fsp3) is 0.786. The molecular formula is C14H25NO5. The van der Waals surface area contributed by atoms with Gasteiger partial charge in [-0.1, -0.05) is 12.8 Å².